The monoisotopic (exact) mass is 249 g/mol. The van der Waals surface area contributed by atoms with Crippen molar-refractivity contribution in [2.45, 2.75) is 57.8 Å². The number of fused-ring (bicyclic) bond motifs is 1. The summed E-state index contributed by atoms with van der Waals surface area (Å²) in [6.07, 6.45) is 6.46. The van der Waals surface area contributed by atoms with E-state index in [-0.39, 0.29) is 11.5 Å². The maximum Gasteiger partial charge on any atom is 0.0807 e. The minimum Gasteiger partial charge on any atom is -0.388 e. The Balaban J connectivity index is 1.91. The molecule has 0 bridgehead atoms. The van der Waals surface area contributed by atoms with Gasteiger partial charge < -0.3 is 14.4 Å². The Kier molecular flexibility index (Phi) is 2.79. The summed E-state index contributed by atoms with van der Waals surface area (Å²) in [5.41, 5.74) is 2.68. The first-order valence-corrected chi connectivity index (χ1v) is 6.96. The van der Waals surface area contributed by atoms with Gasteiger partial charge in [-0.25, -0.2) is 0 Å². The van der Waals surface area contributed by atoms with Gasteiger partial charge in [-0.05, 0) is 31.7 Å². The fourth-order valence-electron chi connectivity index (χ4n) is 3.72. The summed E-state index contributed by atoms with van der Waals surface area (Å²) < 4.78 is 7.93. The zero-order valence-electron chi connectivity index (χ0n) is 11.5. The van der Waals surface area contributed by atoms with Crippen molar-refractivity contribution < 1.29 is 9.84 Å². The van der Waals surface area contributed by atoms with Crippen LogP contribution in [-0.4, -0.2) is 22.9 Å². The molecule has 2 aliphatic rings. The molecule has 0 saturated heterocycles. The van der Waals surface area contributed by atoms with E-state index < -0.39 is 0 Å². The van der Waals surface area contributed by atoms with Crippen molar-refractivity contribution in [3.8, 4) is 0 Å². The van der Waals surface area contributed by atoms with Crippen molar-refractivity contribution in [1.29, 1.82) is 0 Å². The molecular weight excluding hydrogens is 226 g/mol. The van der Waals surface area contributed by atoms with E-state index in [9.17, 15) is 5.11 Å². The van der Waals surface area contributed by atoms with Crippen molar-refractivity contribution in [3.05, 3.63) is 23.5 Å². The van der Waals surface area contributed by atoms with E-state index in [2.05, 4.69) is 30.7 Å². The molecule has 1 saturated carbocycles. The second-order valence-electron chi connectivity index (χ2n) is 6.33. The molecule has 3 nitrogen and oxygen atoms in total. The molecule has 3 atom stereocenters. The summed E-state index contributed by atoms with van der Waals surface area (Å²) in [6, 6.07) is 2.62. The van der Waals surface area contributed by atoms with Crippen LogP contribution in [0.1, 0.15) is 56.5 Å². The SMILES string of the molecule is COC1CC(n2ccc3c2CCCC3O)C1(C)C. The van der Waals surface area contributed by atoms with Gasteiger partial charge in [-0.3, -0.25) is 0 Å². The minimum absolute atomic E-state index is 0.184. The molecule has 18 heavy (non-hydrogen) atoms. The first kappa shape index (κ1) is 12.2. The predicted molar refractivity (Wildman–Crippen MR) is 70.6 cm³/mol. The van der Waals surface area contributed by atoms with E-state index in [0.717, 1.165) is 31.2 Å². The lowest BCUT2D eigenvalue weighted by Crippen LogP contribution is -2.51. The molecular formula is C15H23NO2. The highest BCUT2D eigenvalue weighted by Gasteiger charge is 2.50. The molecule has 0 spiro atoms. The number of aliphatic hydroxyl groups excluding tert-OH is 1. The standard InChI is InChI=1S/C15H23NO2/c1-15(2)13(9-14(15)18-3)16-8-7-10-11(16)5-4-6-12(10)17/h7-8,12-14,17H,4-6,9H2,1-3H3. The zero-order valence-corrected chi connectivity index (χ0v) is 11.5. The molecule has 1 heterocycles. The summed E-state index contributed by atoms with van der Waals surface area (Å²) >= 11 is 0. The zero-order chi connectivity index (χ0) is 12.9. The largest absolute Gasteiger partial charge is 0.388 e. The number of rotatable bonds is 2. The third-order valence-corrected chi connectivity index (χ3v) is 5.06. The highest BCUT2D eigenvalue weighted by Crippen LogP contribution is 2.52. The van der Waals surface area contributed by atoms with Crippen LogP contribution in [0.15, 0.2) is 12.3 Å². The van der Waals surface area contributed by atoms with E-state index in [1.807, 2.05) is 0 Å². The number of hydrogen-bond donors (Lipinski definition) is 1. The van der Waals surface area contributed by atoms with Crippen molar-refractivity contribution in [1.82, 2.24) is 4.57 Å². The Morgan fingerprint density at radius 2 is 2.22 bits per heavy atom. The van der Waals surface area contributed by atoms with Crippen molar-refractivity contribution in [2.75, 3.05) is 7.11 Å². The number of aliphatic hydroxyl groups is 1. The quantitative estimate of drug-likeness (QED) is 0.874. The maximum absolute atomic E-state index is 10.0. The highest BCUT2D eigenvalue weighted by atomic mass is 16.5. The van der Waals surface area contributed by atoms with E-state index in [1.165, 1.54) is 5.69 Å². The predicted octanol–water partition coefficient (Wildman–Crippen LogP) is 2.84. The Labute approximate surface area is 109 Å². The Hall–Kier alpha value is -0.800. The third-order valence-electron chi connectivity index (χ3n) is 5.06. The minimum atomic E-state index is -0.253. The number of aromatic nitrogens is 1. The van der Waals surface area contributed by atoms with Crippen LogP contribution in [0.2, 0.25) is 0 Å². The fraction of sp³-hybridized carbons (Fsp3) is 0.733. The van der Waals surface area contributed by atoms with Gasteiger partial charge >= 0.3 is 0 Å². The number of methoxy groups -OCH3 is 1. The van der Waals surface area contributed by atoms with Crippen LogP contribution in [0.4, 0.5) is 0 Å². The normalized spacial score (nSPS) is 33.9. The Morgan fingerprint density at radius 3 is 2.89 bits per heavy atom. The molecule has 100 valence electrons. The summed E-state index contributed by atoms with van der Waals surface area (Å²) in [4.78, 5) is 0. The number of hydrogen-bond acceptors (Lipinski definition) is 2. The van der Waals surface area contributed by atoms with E-state index in [1.54, 1.807) is 7.11 Å². The lowest BCUT2D eigenvalue weighted by Gasteiger charge is -2.52. The first-order valence-electron chi connectivity index (χ1n) is 6.96. The Bertz CT molecular complexity index is 449. The van der Waals surface area contributed by atoms with E-state index in [0.29, 0.717) is 12.1 Å². The molecule has 0 amide bonds. The van der Waals surface area contributed by atoms with Gasteiger partial charge in [0.1, 0.15) is 0 Å². The topological polar surface area (TPSA) is 34.4 Å². The van der Waals surface area contributed by atoms with E-state index in [4.69, 9.17) is 4.74 Å². The van der Waals surface area contributed by atoms with Gasteiger partial charge in [0.25, 0.3) is 0 Å². The van der Waals surface area contributed by atoms with Gasteiger partial charge in [-0.1, -0.05) is 13.8 Å². The van der Waals surface area contributed by atoms with Crippen LogP contribution in [0.5, 0.6) is 0 Å². The smallest absolute Gasteiger partial charge is 0.0807 e. The molecule has 1 aromatic heterocycles. The average molecular weight is 249 g/mol. The van der Waals surface area contributed by atoms with Crippen LogP contribution in [-0.2, 0) is 11.2 Å². The second kappa shape index (κ2) is 4.10. The summed E-state index contributed by atoms with van der Waals surface area (Å²) in [7, 11) is 1.80. The molecule has 3 rings (SSSR count). The molecule has 3 heteroatoms. The molecule has 3 unspecified atom stereocenters. The lowest BCUT2D eigenvalue weighted by molar-refractivity contribution is -0.113. The molecule has 0 aliphatic heterocycles. The van der Waals surface area contributed by atoms with Gasteiger partial charge in [0.15, 0.2) is 0 Å². The van der Waals surface area contributed by atoms with Gasteiger partial charge in [0.2, 0.25) is 0 Å². The molecule has 0 aromatic carbocycles. The van der Waals surface area contributed by atoms with Crippen LogP contribution in [0.3, 0.4) is 0 Å². The third kappa shape index (κ3) is 1.57. The van der Waals surface area contributed by atoms with Gasteiger partial charge in [-0.2, -0.15) is 0 Å². The summed E-state index contributed by atoms with van der Waals surface area (Å²) in [6.45, 7) is 4.56. The average Bonchev–Trinajstić information content (AvgIpc) is 2.74. The van der Waals surface area contributed by atoms with Crippen LogP contribution >= 0.6 is 0 Å². The highest BCUT2D eigenvalue weighted by molar-refractivity contribution is 5.29. The van der Waals surface area contributed by atoms with E-state index >= 15 is 0 Å². The molecule has 2 aliphatic carbocycles. The van der Waals surface area contributed by atoms with Crippen molar-refractivity contribution in [3.63, 3.8) is 0 Å². The summed E-state index contributed by atoms with van der Waals surface area (Å²) in [5.74, 6) is 0. The number of ether oxygens (including phenoxy) is 1. The van der Waals surface area contributed by atoms with Crippen molar-refractivity contribution >= 4 is 0 Å². The van der Waals surface area contributed by atoms with Crippen LogP contribution in [0.25, 0.3) is 0 Å². The summed E-state index contributed by atoms with van der Waals surface area (Å²) in [5, 5.41) is 10.0. The fourth-order valence-corrected chi connectivity index (χ4v) is 3.72. The maximum atomic E-state index is 10.0. The second-order valence-corrected chi connectivity index (χ2v) is 6.33. The lowest BCUT2D eigenvalue weighted by atomic mass is 9.64. The van der Waals surface area contributed by atoms with Gasteiger partial charge in [0.05, 0.1) is 12.2 Å². The van der Waals surface area contributed by atoms with Gasteiger partial charge in [0, 0.05) is 36.0 Å². The van der Waals surface area contributed by atoms with Crippen molar-refractivity contribution in [2.24, 2.45) is 5.41 Å². The number of nitrogens with zero attached hydrogens (tertiary/aromatic N) is 1. The van der Waals surface area contributed by atoms with Gasteiger partial charge in [-0.15, -0.1) is 0 Å². The van der Waals surface area contributed by atoms with Crippen LogP contribution in [0, 0.1) is 5.41 Å². The van der Waals surface area contributed by atoms with Crippen LogP contribution < -0.4 is 0 Å². The molecule has 1 aromatic rings. The molecule has 0 radical (unpaired) electrons. The molecule has 1 fully saturated rings. The first-order chi connectivity index (χ1) is 8.55. The molecule has 1 N–H and O–H groups in total. The Morgan fingerprint density at radius 1 is 1.44 bits per heavy atom.